The number of halogens is 2. The molecule has 0 radical (unpaired) electrons. The van der Waals surface area contributed by atoms with Crippen molar-refractivity contribution in [3.8, 4) is 0 Å². The largest absolute Gasteiger partial charge is 0.352 e. The molecule has 0 heterocycles. The monoisotopic (exact) mass is 312 g/mol. The van der Waals surface area contributed by atoms with Crippen LogP contribution in [0.1, 0.15) is 25.7 Å². The van der Waals surface area contributed by atoms with Crippen LogP contribution in [0.15, 0.2) is 18.2 Å². The third-order valence-corrected chi connectivity index (χ3v) is 4.45. The molecule has 0 unspecified atom stereocenters. The molecule has 0 bridgehead atoms. The Morgan fingerprint density at radius 3 is 2.35 bits per heavy atom. The Morgan fingerprint density at radius 2 is 1.80 bits per heavy atom. The van der Waals surface area contributed by atoms with E-state index in [2.05, 4.69) is 10.6 Å². The van der Waals surface area contributed by atoms with Gasteiger partial charge < -0.3 is 10.6 Å². The lowest BCUT2D eigenvalue weighted by Crippen LogP contribution is -2.40. The third-order valence-electron chi connectivity index (χ3n) is 3.71. The van der Waals surface area contributed by atoms with Crippen LogP contribution in [0.2, 0.25) is 10.0 Å². The van der Waals surface area contributed by atoms with Crippen molar-refractivity contribution in [2.24, 2.45) is 5.41 Å². The normalized spacial score (nSPS) is 19.3. The Hall–Kier alpha value is -1.26. The minimum Gasteiger partial charge on any atom is -0.352 e. The van der Waals surface area contributed by atoms with Gasteiger partial charge in [0.2, 0.25) is 11.8 Å². The van der Waals surface area contributed by atoms with Crippen LogP contribution in [-0.4, -0.2) is 17.9 Å². The summed E-state index contributed by atoms with van der Waals surface area (Å²) in [4.78, 5) is 24.4. The van der Waals surface area contributed by atoms with Crippen LogP contribution >= 0.6 is 23.2 Å². The fraction of sp³-hybridized carbons (Fsp3) is 0.429. The van der Waals surface area contributed by atoms with Gasteiger partial charge in [0.25, 0.3) is 0 Å². The highest BCUT2D eigenvalue weighted by atomic mass is 35.5. The summed E-state index contributed by atoms with van der Waals surface area (Å²) in [6, 6.07) is 5.12. The Kier molecular flexibility index (Phi) is 3.38. The number of benzene rings is 1. The first-order chi connectivity index (χ1) is 9.51. The molecule has 4 nitrogen and oxygen atoms in total. The molecule has 0 saturated heterocycles. The topological polar surface area (TPSA) is 58.2 Å². The average Bonchev–Trinajstić information content (AvgIpc) is 3.25. The number of hydrogen-bond acceptors (Lipinski definition) is 2. The van der Waals surface area contributed by atoms with E-state index in [4.69, 9.17) is 23.2 Å². The second-order valence-corrected chi connectivity index (χ2v) is 6.23. The molecule has 0 atom stereocenters. The highest BCUT2D eigenvalue weighted by Gasteiger charge is 2.57. The molecule has 2 fully saturated rings. The first kappa shape index (κ1) is 13.7. The van der Waals surface area contributed by atoms with Gasteiger partial charge in [-0.15, -0.1) is 0 Å². The van der Waals surface area contributed by atoms with Gasteiger partial charge in [0.1, 0.15) is 5.41 Å². The van der Waals surface area contributed by atoms with Gasteiger partial charge in [-0.2, -0.15) is 0 Å². The van der Waals surface area contributed by atoms with E-state index in [-0.39, 0.29) is 17.9 Å². The van der Waals surface area contributed by atoms with E-state index in [9.17, 15) is 9.59 Å². The predicted molar refractivity (Wildman–Crippen MR) is 77.9 cm³/mol. The van der Waals surface area contributed by atoms with Crippen molar-refractivity contribution in [1.29, 1.82) is 0 Å². The van der Waals surface area contributed by atoms with Gasteiger partial charge in [-0.25, -0.2) is 0 Å². The summed E-state index contributed by atoms with van der Waals surface area (Å²) < 4.78 is 0. The summed E-state index contributed by atoms with van der Waals surface area (Å²) in [7, 11) is 0. The molecule has 0 aliphatic heterocycles. The summed E-state index contributed by atoms with van der Waals surface area (Å²) in [6.07, 6.45) is 3.21. The number of amides is 2. The van der Waals surface area contributed by atoms with Gasteiger partial charge in [-0.3, -0.25) is 9.59 Å². The molecular formula is C14H14Cl2N2O2. The van der Waals surface area contributed by atoms with Gasteiger partial charge in [0.05, 0.1) is 10.0 Å². The van der Waals surface area contributed by atoms with Crippen molar-refractivity contribution in [1.82, 2.24) is 5.32 Å². The molecule has 106 valence electrons. The minimum absolute atomic E-state index is 0.155. The van der Waals surface area contributed by atoms with Crippen LogP contribution in [0.5, 0.6) is 0 Å². The molecule has 2 N–H and O–H groups in total. The summed E-state index contributed by atoms with van der Waals surface area (Å²) in [5.41, 5.74) is -0.343. The van der Waals surface area contributed by atoms with Crippen molar-refractivity contribution in [3.63, 3.8) is 0 Å². The fourth-order valence-electron chi connectivity index (χ4n) is 2.06. The second kappa shape index (κ2) is 4.93. The van der Waals surface area contributed by atoms with E-state index < -0.39 is 5.41 Å². The second-order valence-electron chi connectivity index (χ2n) is 5.41. The lowest BCUT2D eigenvalue weighted by atomic mass is 10.0. The molecule has 2 amide bonds. The smallest absolute Gasteiger partial charge is 0.240 e. The summed E-state index contributed by atoms with van der Waals surface area (Å²) >= 11 is 11.7. The summed E-state index contributed by atoms with van der Waals surface area (Å²) in [5.74, 6) is -0.424. The zero-order chi connectivity index (χ0) is 14.3. The zero-order valence-electron chi connectivity index (χ0n) is 10.7. The zero-order valence-corrected chi connectivity index (χ0v) is 12.2. The van der Waals surface area contributed by atoms with E-state index in [1.807, 2.05) is 0 Å². The molecule has 2 aliphatic carbocycles. The van der Waals surface area contributed by atoms with E-state index in [0.29, 0.717) is 28.6 Å². The quantitative estimate of drug-likeness (QED) is 0.840. The van der Waals surface area contributed by atoms with Crippen molar-refractivity contribution >= 4 is 40.7 Å². The lowest BCUT2D eigenvalue weighted by molar-refractivity contribution is -0.134. The summed E-state index contributed by atoms with van der Waals surface area (Å²) in [5, 5.41) is 6.44. The number of nitrogens with one attached hydrogen (secondary N) is 2. The van der Waals surface area contributed by atoms with E-state index in [1.165, 1.54) is 0 Å². The first-order valence-electron chi connectivity index (χ1n) is 6.59. The van der Waals surface area contributed by atoms with Crippen LogP contribution < -0.4 is 10.6 Å². The average molecular weight is 313 g/mol. The molecule has 0 aromatic heterocycles. The molecule has 20 heavy (non-hydrogen) atoms. The van der Waals surface area contributed by atoms with Gasteiger partial charge in [-0.1, -0.05) is 23.2 Å². The molecule has 2 aliphatic rings. The summed E-state index contributed by atoms with van der Waals surface area (Å²) in [6.45, 7) is 0. The van der Waals surface area contributed by atoms with Crippen molar-refractivity contribution < 1.29 is 9.59 Å². The van der Waals surface area contributed by atoms with Crippen LogP contribution in [0.4, 0.5) is 5.69 Å². The molecule has 3 rings (SSSR count). The Balaban J connectivity index is 1.68. The van der Waals surface area contributed by atoms with Crippen molar-refractivity contribution in [3.05, 3.63) is 28.2 Å². The van der Waals surface area contributed by atoms with Crippen molar-refractivity contribution in [2.75, 3.05) is 5.32 Å². The fourth-order valence-corrected chi connectivity index (χ4v) is 2.36. The van der Waals surface area contributed by atoms with Crippen LogP contribution in [0.3, 0.4) is 0 Å². The lowest BCUT2D eigenvalue weighted by Gasteiger charge is -2.15. The minimum atomic E-state index is -0.894. The molecule has 0 spiro atoms. The molecule has 1 aromatic rings. The van der Waals surface area contributed by atoms with Gasteiger partial charge in [0, 0.05) is 11.7 Å². The number of anilines is 1. The number of carbonyl (C=O) groups is 2. The Bertz CT molecular complexity index is 581. The molecule has 2 saturated carbocycles. The Labute approximate surface area is 126 Å². The molecule has 6 heteroatoms. The Morgan fingerprint density at radius 1 is 1.10 bits per heavy atom. The highest BCUT2D eigenvalue weighted by molar-refractivity contribution is 6.42. The predicted octanol–water partition coefficient (Wildman–Crippen LogP) is 2.99. The number of rotatable bonds is 4. The van der Waals surface area contributed by atoms with Crippen LogP contribution in [0, 0.1) is 5.41 Å². The maximum absolute atomic E-state index is 12.3. The van der Waals surface area contributed by atoms with Gasteiger partial charge in [-0.05, 0) is 43.9 Å². The van der Waals surface area contributed by atoms with Crippen LogP contribution in [0.25, 0.3) is 0 Å². The SMILES string of the molecule is O=C(Nc1ccc(Cl)c(Cl)c1)C1(C(=O)NC2CC2)CC1. The standard InChI is InChI=1S/C14H14Cl2N2O2/c15-10-4-3-9(7-11(10)16)18-13(20)14(5-6-14)12(19)17-8-1-2-8/h3-4,7-8H,1-2,5-6H2,(H,17,19)(H,18,20). The van der Waals surface area contributed by atoms with Gasteiger partial charge >= 0.3 is 0 Å². The van der Waals surface area contributed by atoms with Gasteiger partial charge in [0.15, 0.2) is 0 Å². The molecular weight excluding hydrogens is 299 g/mol. The van der Waals surface area contributed by atoms with Crippen molar-refractivity contribution in [2.45, 2.75) is 31.7 Å². The first-order valence-corrected chi connectivity index (χ1v) is 7.34. The third kappa shape index (κ3) is 2.63. The number of hydrogen-bond donors (Lipinski definition) is 2. The maximum atomic E-state index is 12.3. The van der Waals surface area contributed by atoms with E-state index in [1.54, 1.807) is 18.2 Å². The number of carbonyl (C=O) groups excluding carboxylic acids is 2. The maximum Gasteiger partial charge on any atom is 0.240 e. The molecule has 1 aromatic carbocycles. The van der Waals surface area contributed by atoms with E-state index >= 15 is 0 Å². The van der Waals surface area contributed by atoms with Crippen LogP contribution in [-0.2, 0) is 9.59 Å². The highest BCUT2D eigenvalue weighted by Crippen LogP contribution is 2.47. The van der Waals surface area contributed by atoms with E-state index in [0.717, 1.165) is 12.8 Å².